The Morgan fingerprint density at radius 2 is 2.12 bits per heavy atom. The highest BCUT2D eigenvalue weighted by atomic mass is 79.9. The monoisotopic (exact) mass is 387 g/mol. The molecule has 0 aliphatic heterocycles. The summed E-state index contributed by atoms with van der Waals surface area (Å²) in [6, 6.07) is 8.73. The fourth-order valence-electron chi connectivity index (χ4n) is 2.29. The highest BCUT2D eigenvalue weighted by molar-refractivity contribution is 9.10. The smallest absolute Gasteiger partial charge is 0.274 e. The van der Waals surface area contributed by atoms with Gasteiger partial charge in [0.2, 0.25) is 0 Å². The summed E-state index contributed by atoms with van der Waals surface area (Å²) in [6.07, 6.45) is 3.28. The van der Waals surface area contributed by atoms with E-state index in [1.165, 1.54) is 6.20 Å². The fourth-order valence-corrected chi connectivity index (χ4v) is 2.62. The minimum atomic E-state index is -0.315. The molecular weight excluding hydrogens is 374 g/mol. The minimum Gasteiger partial charge on any atom is -0.320 e. The number of hydrogen-bond acceptors (Lipinski definition) is 4. The van der Waals surface area contributed by atoms with Crippen LogP contribution in [0.3, 0.4) is 0 Å². The Morgan fingerprint density at radius 1 is 1.33 bits per heavy atom. The summed E-state index contributed by atoms with van der Waals surface area (Å²) in [6.45, 7) is 1.85. The number of amides is 1. The maximum Gasteiger partial charge on any atom is 0.274 e. The summed E-state index contributed by atoms with van der Waals surface area (Å²) in [7, 11) is 0. The zero-order valence-electron chi connectivity index (χ0n) is 12.7. The van der Waals surface area contributed by atoms with E-state index >= 15 is 0 Å². The van der Waals surface area contributed by atoms with Gasteiger partial charge >= 0.3 is 0 Å². The molecule has 1 amide bonds. The fraction of sp³-hybridized carbons (Fsp3) is 0.0625. The number of nitrogens with zero attached hydrogens (tertiary/aromatic N) is 2. The van der Waals surface area contributed by atoms with Crippen molar-refractivity contribution in [2.24, 2.45) is 0 Å². The SMILES string of the molecule is Cc1ccc(C(=N)NO)cc1NC(=O)c1cnc2ccc(Br)cn12. The summed E-state index contributed by atoms with van der Waals surface area (Å²) >= 11 is 3.38. The second-order valence-electron chi connectivity index (χ2n) is 5.19. The standard InChI is InChI=1S/C16H14BrN5O2/c1-9-2-3-10(15(18)21-24)6-12(9)20-16(23)13-7-19-14-5-4-11(17)8-22(13)14/h2-8,24H,1H3,(H2,18,21)(H,20,23). The minimum absolute atomic E-state index is 0.149. The number of hydroxylamine groups is 1. The molecule has 0 saturated carbocycles. The molecule has 0 saturated heterocycles. The Kier molecular flexibility index (Phi) is 4.32. The second kappa shape index (κ2) is 6.42. The van der Waals surface area contributed by atoms with Gasteiger partial charge in [-0.15, -0.1) is 0 Å². The highest BCUT2D eigenvalue weighted by Crippen LogP contribution is 2.19. The number of halogens is 1. The maximum atomic E-state index is 12.6. The molecule has 1 aromatic carbocycles. The van der Waals surface area contributed by atoms with Crippen LogP contribution in [-0.2, 0) is 0 Å². The first kappa shape index (κ1) is 16.2. The van der Waals surface area contributed by atoms with Crippen molar-refractivity contribution in [1.82, 2.24) is 14.9 Å². The van der Waals surface area contributed by atoms with E-state index in [0.717, 1.165) is 10.0 Å². The van der Waals surface area contributed by atoms with Crippen LogP contribution in [-0.4, -0.2) is 26.3 Å². The van der Waals surface area contributed by atoms with E-state index in [2.05, 4.69) is 26.2 Å². The summed E-state index contributed by atoms with van der Waals surface area (Å²) < 4.78 is 2.53. The van der Waals surface area contributed by atoms with Crippen molar-refractivity contribution < 1.29 is 10.0 Å². The van der Waals surface area contributed by atoms with Crippen LogP contribution in [0.1, 0.15) is 21.6 Å². The second-order valence-corrected chi connectivity index (χ2v) is 6.11. The third-order valence-electron chi connectivity index (χ3n) is 3.59. The molecule has 3 rings (SSSR count). The molecule has 3 aromatic rings. The topological polar surface area (TPSA) is 103 Å². The molecule has 2 heterocycles. The van der Waals surface area contributed by atoms with Crippen molar-refractivity contribution in [2.75, 3.05) is 5.32 Å². The number of anilines is 1. The number of aryl methyl sites for hydroxylation is 1. The van der Waals surface area contributed by atoms with Crippen LogP contribution < -0.4 is 10.8 Å². The first-order chi connectivity index (χ1) is 11.5. The van der Waals surface area contributed by atoms with Crippen molar-refractivity contribution >= 4 is 39.0 Å². The number of amidine groups is 1. The zero-order valence-corrected chi connectivity index (χ0v) is 14.3. The van der Waals surface area contributed by atoms with Crippen molar-refractivity contribution in [3.05, 3.63) is 64.0 Å². The highest BCUT2D eigenvalue weighted by Gasteiger charge is 2.14. The average molecular weight is 388 g/mol. The summed E-state index contributed by atoms with van der Waals surface area (Å²) in [4.78, 5) is 16.8. The number of imidazole rings is 1. The molecular formula is C16H14BrN5O2. The van der Waals surface area contributed by atoms with Gasteiger partial charge in [-0.05, 0) is 46.6 Å². The molecule has 0 unspecified atom stereocenters. The van der Waals surface area contributed by atoms with Crippen LogP contribution in [0.4, 0.5) is 5.69 Å². The molecule has 0 radical (unpaired) electrons. The van der Waals surface area contributed by atoms with Crippen LogP contribution in [0.25, 0.3) is 5.65 Å². The Balaban J connectivity index is 1.94. The largest absolute Gasteiger partial charge is 0.320 e. The van der Waals surface area contributed by atoms with Gasteiger partial charge in [-0.25, -0.2) is 4.98 Å². The lowest BCUT2D eigenvalue weighted by atomic mass is 10.1. The lowest BCUT2D eigenvalue weighted by molar-refractivity contribution is 0.102. The maximum absolute atomic E-state index is 12.6. The van der Waals surface area contributed by atoms with Crippen molar-refractivity contribution in [3.8, 4) is 0 Å². The van der Waals surface area contributed by atoms with E-state index in [4.69, 9.17) is 10.6 Å². The van der Waals surface area contributed by atoms with E-state index in [9.17, 15) is 4.79 Å². The van der Waals surface area contributed by atoms with Gasteiger partial charge < -0.3 is 5.32 Å². The predicted octanol–water partition coefficient (Wildman–Crippen LogP) is 2.96. The number of nitrogens with one attached hydrogen (secondary N) is 3. The van der Waals surface area contributed by atoms with Gasteiger partial charge in [0.15, 0.2) is 0 Å². The zero-order chi connectivity index (χ0) is 17.3. The third-order valence-corrected chi connectivity index (χ3v) is 4.06. The van der Waals surface area contributed by atoms with Gasteiger partial charge in [0.05, 0.1) is 6.20 Å². The van der Waals surface area contributed by atoms with E-state index in [1.54, 1.807) is 40.3 Å². The van der Waals surface area contributed by atoms with Gasteiger partial charge in [0.1, 0.15) is 17.2 Å². The molecule has 2 aromatic heterocycles. The number of hydrogen-bond donors (Lipinski definition) is 4. The Labute approximate surface area is 145 Å². The molecule has 7 nitrogen and oxygen atoms in total. The molecule has 0 spiro atoms. The lowest BCUT2D eigenvalue weighted by Crippen LogP contribution is -2.20. The number of pyridine rings is 1. The van der Waals surface area contributed by atoms with Gasteiger partial charge in [0, 0.05) is 21.9 Å². The van der Waals surface area contributed by atoms with Crippen LogP contribution in [0.2, 0.25) is 0 Å². The van der Waals surface area contributed by atoms with Gasteiger partial charge in [0.25, 0.3) is 5.91 Å². The third kappa shape index (κ3) is 3.01. The van der Waals surface area contributed by atoms with Crippen molar-refractivity contribution in [1.29, 1.82) is 5.41 Å². The molecule has 8 heteroatoms. The molecule has 24 heavy (non-hydrogen) atoms. The first-order valence-electron chi connectivity index (χ1n) is 7.03. The van der Waals surface area contributed by atoms with E-state index in [-0.39, 0.29) is 11.7 Å². The Bertz CT molecular complexity index is 951. The number of aromatic nitrogens is 2. The van der Waals surface area contributed by atoms with E-state index < -0.39 is 0 Å². The van der Waals surface area contributed by atoms with Crippen LogP contribution >= 0.6 is 15.9 Å². The normalized spacial score (nSPS) is 10.6. The summed E-state index contributed by atoms with van der Waals surface area (Å²) in [5.41, 5.74) is 4.71. The van der Waals surface area contributed by atoms with E-state index in [0.29, 0.717) is 22.6 Å². The molecule has 0 aliphatic rings. The average Bonchev–Trinajstić information content (AvgIpc) is 2.99. The number of rotatable bonds is 3. The molecule has 0 bridgehead atoms. The van der Waals surface area contributed by atoms with Crippen molar-refractivity contribution in [2.45, 2.75) is 6.92 Å². The number of carbonyl (C=O) groups is 1. The molecule has 122 valence electrons. The van der Waals surface area contributed by atoms with Crippen molar-refractivity contribution in [3.63, 3.8) is 0 Å². The predicted molar refractivity (Wildman–Crippen MR) is 93.8 cm³/mol. The van der Waals surface area contributed by atoms with Crippen LogP contribution in [0, 0.1) is 12.3 Å². The Morgan fingerprint density at radius 3 is 2.88 bits per heavy atom. The quantitative estimate of drug-likeness (QED) is 0.315. The number of fused-ring (bicyclic) bond motifs is 1. The lowest BCUT2D eigenvalue weighted by Gasteiger charge is -2.11. The summed E-state index contributed by atoms with van der Waals surface area (Å²) in [5, 5.41) is 19.3. The summed E-state index contributed by atoms with van der Waals surface area (Å²) in [5.74, 6) is -0.464. The first-order valence-corrected chi connectivity index (χ1v) is 7.82. The molecule has 0 aliphatic carbocycles. The van der Waals surface area contributed by atoms with Crippen LogP contribution in [0.5, 0.6) is 0 Å². The Hall–Kier alpha value is -2.71. The van der Waals surface area contributed by atoms with E-state index in [1.807, 2.05) is 13.0 Å². The molecule has 0 fully saturated rings. The van der Waals surface area contributed by atoms with Crippen LogP contribution in [0.15, 0.2) is 47.2 Å². The van der Waals surface area contributed by atoms with Gasteiger partial charge in [-0.3, -0.25) is 25.3 Å². The van der Waals surface area contributed by atoms with Gasteiger partial charge in [-0.1, -0.05) is 12.1 Å². The molecule has 0 atom stereocenters. The number of benzene rings is 1. The number of carbonyl (C=O) groups excluding carboxylic acids is 1. The van der Waals surface area contributed by atoms with Gasteiger partial charge in [-0.2, -0.15) is 0 Å². The molecule has 4 N–H and O–H groups in total.